The summed E-state index contributed by atoms with van der Waals surface area (Å²) in [4.78, 5) is 67.9. The minimum atomic E-state index is -2.84. The molecule has 4 aromatic rings. The summed E-state index contributed by atoms with van der Waals surface area (Å²) in [6.45, 7) is 12.9. The van der Waals surface area contributed by atoms with Crippen molar-refractivity contribution in [1.29, 1.82) is 0 Å². The van der Waals surface area contributed by atoms with E-state index in [0.717, 1.165) is 21.6 Å². The summed E-state index contributed by atoms with van der Waals surface area (Å²) in [5.74, 6) is -2.43. The molecule has 0 spiro atoms. The normalized spacial score (nSPS) is 27.6. The van der Waals surface area contributed by atoms with Gasteiger partial charge in [0, 0.05) is 31.5 Å². The van der Waals surface area contributed by atoms with Crippen LogP contribution in [-0.2, 0) is 64.9 Å². The first-order chi connectivity index (χ1) is 33.9. The Morgan fingerprint density at radius 3 is 2.04 bits per heavy atom. The van der Waals surface area contributed by atoms with E-state index < -0.39 is 105 Å². The van der Waals surface area contributed by atoms with Crippen molar-refractivity contribution < 1.29 is 66.4 Å². The number of benzene rings is 4. The minimum absolute atomic E-state index is 0.00631. The Bertz CT molecular complexity index is 2490. The Kier molecular flexibility index (Phi) is 15.9. The summed E-state index contributed by atoms with van der Waals surface area (Å²) < 4.78 is 60.1. The van der Waals surface area contributed by atoms with Crippen molar-refractivity contribution in [1.82, 2.24) is 10.2 Å². The molecule has 4 heterocycles. The van der Waals surface area contributed by atoms with E-state index in [1.807, 2.05) is 60.7 Å². The Hall–Kier alpha value is -5.74. The van der Waals surface area contributed by atoms with Crippen LogP contribution in [0.2, 0.25) is 18.1 Å². The molecule has 0 bridgehead atoms. The molecule has 0 aliphatic carbocycles. The van der Waals surface area contributed by atoms with Crippen LogP contribution < -0.4 is 5.32 Å². The van der Waals surface area contributed by atoms with Gasteiger partial charge >= 0.3 is 5.97 Å². The molecule has 4 aromatic carbocycles. The highest BCUT2D eigenvalue weighted by molar-refractivity contribution is 6.74. The highest BCUT2D eigenvalue weighted by atomic mass is 28.4. The smallest absolute Gasteiger partial charge is 0.303 e. The average molecular weight is 996 g/mol. The molecule has 8 rings (SSSR count). The molecule has 3 saturated heterocycles. The molecule has 4 aliphatic heterocycles. The van der Waals surface area contributed by atoms with Crippen molar-refractivity contribution >= 4 is 37.7 Å². The van der Waals surface area contributed by atoms with E-state index >= 15 is 0 Å². The lowest BCUT2D eigenvalue weighted by atomic mass is 9.93. The van der Waals surface area contributed by atoms with Crippen molar-refractivity contribution in [3.05, 3.63) is 147 Å². The first kappa shape index (κ1) is 51.6. The molecule has 11 atom stereocenters. The van der Waals surface area contributed by atoms with Crippen LogP contribution in [0.15, 0.2) is 109 Å². The number of imide groups is 1. The zero-order chi connectivity index (χ0) is 50.6. The molecule has 0 aromatic heterocycles. The number of amides is 3. The van der Waals surface area contributed by atoms with Crippen molar-refractivity contribution in [2.24, 2.45) is 0 Å². The molecule has 0 radical (unpaired) electrons. The maximum atomic E-state index is 14.8. The molecular formula is C52H61N3O15Si. The molecule has 0 saturated carbocycles. The quantitative estimate of drug-likeness (QED) is 0.0379. The zero-order valence-electron chi connectivity index (χ0n) is 40.8. The number of non-ortho nitro benzene ring substituents is 1. The maximum absolute atomic E-state index is 14.8. The van der Waals surface area contributed by atoms with E-state index in [1.165, 1.54) is 26.0 Å². The van der Waals surface area contributed by atoms with Crippen molar-refractivity contribution in [2.45, 2.75) is 133 Å². The number of carbonyl (C=O) groups excluding carboxylic acids is 4. The van der Waals surface area contributed by atoms with Crippen LogP contribution in [0.5, 0.6) is 0 Å². The second-order valence-corrected chi connectivity index (χ2v) is 24.3. The van der Waals surface area contributed by atoms with Crippen LogP contribution in [0.4, 0.5) is 5.69 Å². The SMILES string of the molecule is CC(=O)N[C@H]1[C@@H](OCCc2ccc([N+](=O)[O-])cc2)O[C@H](COCc2ccccc2)[C@H](O[C@@H]2O[C@@H]3CO[C@H](c4ccccc4)O[C@@H]3[C@H](O[Si](C)(C)C(C)(C)C)[C@H]2N2C(=O)c3ccccc3C2=O)[C@@H]1OC(C)=O. The number of rotatable bonds is 17. The number of nitro groups is 1. The van der Waals surface area contributed by atoms with Gasteiger partial charge in [-0.15, -0.1) is 0 Å². The fourth-order valence-electron chi connectivity index (χ4n) is 9.02. The largest absolute Gasteiger partial charge is 0.457 e. The van der Waals surface area contributed by atoms with Gasteiger partial charge in [-0.25, -0.2) is 0 Å². The lowest BCUT2D eigenvalue weighted by Gasteiger charge is -2.55. The molecule has 19 heteroatoms. The first-order valence-electron chi connectivity index (χ1n) is 23.7. The van der Waals surface area contributed by atoms with Crippen LogP contribution in [0.25, 0.3) is 0 Å². The van der Waals surface area contributed by atoms with Crippen LogP contribution >= 0.6 is 0 Å². The third kappa shape index (κ3) is 11.6. The van der Waals surface area contributed by atoms with Gasteiger partial charge in [0.2, 0.25) is 5.91 Å². The lowest BCUT2D eigenvalue weighted by Crippen LogP contribution is -2.72. The fourth-order valence-corrected chi connectivity index (χ4v) is 10.3. The van der Waals surface area contributed by atoms with Crippen LogP contribution in [0, 0.1) is 10.1 Å². The second kappa shape index (κ2) is 21.9. The number of hydrogen-bond acceptors (Lipinski definition) is 15. The zero-order valence-corrected chi connectivity index (χ0v) is 41.8. The summed E-state index contributed by atoms with van der Waals surface area (Å²) in [5, 5.41) is 13.8. The lowest BCUT2D eigenvalue weighted by molar-refractivity contribution is -0.384. The van der Waals surface area contributed by atoms with Gasteiger partial charge in [-0.3, -0.25) is 34.2 Å². The van der Waals surface area contributed by atoms with E-state index in [-0.39, 0.29) is 48.3 Å². The van der Waals surface area contributed by atoms with Gasteiger partial charge in [0.25, 0.3) is 17.5 Å². The number of nitrogens with zero attached hydrogens (tertiary/aromatic N) is 2. The van der Waals surface area contributed by atoms with E-state index in [4.69, 9.17) is 42.3 Å². The van der Waals surface area contributed by atoms with Gasteiger partial charge in [0.05, 0.1) is 48.6 Å². The van der Waals surface area contributed by atoms with Crippen LogP contribution in [0.3, 0.4) is 0 Å². The van der Waals surface area contributed by atoms with Gasteiger partial charge < -0.3 is 47.6 Å². The molecule has 4 aliphatic rings. The average Bonchev–Trinajstić information content (AvgIpc) is 3.58. The molecule has 0 unspecified atom stereocenters. The molecule has 1 N–H and O–H groups in total. The standard InChI is InChI=1S/C52H61N3O15Si/c1-31(56)53-41-45(65-32(2)57)43(39(29-62-28-34-16-10-8-11-17-34)66-50(41)63-27-26-33-22-24-36(25-23-33)55(60)61)69-51-42(54-47(58)37-20-14-15-21-38(37)48(54)59)46(70-71(6,7)52(3,4)5)44-40(67-51)30-64-49(68-44)35-18-12-9-13-19-35/h8-25,39-46,49-51H,26-30H2,1-7H3,(H,53,56)/t39-,40-,41-,42-,43+,44+,45-,46-,49+,50+,51+/m1/s1. The Morgan fingerprint density at radius 2 is 1.44 bits per heavy atom. The number of nitro benzene ring substituents is 1. The van der Waals surface area contributed by atoms with Gasteiger partial charge in [-0.1, -0.05) is 106 Å². The fraction of sp³-hybridized carbons (Fsp3) is 0.462. The van der Waals surface area contributed by atoms with E-state index in [9.17, 15) is 29.3 Å². The highest BCUT2D eigenvalue weighted by Crippen LogP contribution is 2.45. The number of esters is 1. The Balaban J connectivity index is 1.20. The predicted octanol–water partition coefficient (Wildman–Crippen LogP) is 6.81. The van der Waals surface area contributed by atoms with Gasteiger partial charge in [-0.05, 0) is 47.8 Å². The third-order valence-corrected chi connectivity index (χ3v) is 18.0. The number of ether oxygens (including phenoxy) is 8. The van der Waals surface area contributed by atoms with Crippen molar-refractivity contribution in [3.8, 4) is 0 Å². The minimum Gasteiger partial charge on any atom is -0.457 e. The topological polar surface area (TPSA) is 210 Å². The molecule has 18 nitrogen and oxygen atoms in total. The molecule has 71 heavy (non-hydrogen) atoms. The van der Waals surface area contributed by atoms with Crippen LogP contribution in [-0.4, -0.2) is 123 Å². The summed E-state index contributed by atoms with van der Waals surface area (Å²) in [6, 6.07) is 28.8. The van der Waals surface area contributed by atoms with Gasteiger partial charge in [0.1, 0.15) is 36.5 Å². The number of nitrogens with one attached hydrogen (secondary N) is 1. The summed E-state index contributed by atoms with van der Waals surface area (Å²) in [5.41, 5.74) is 2.63. The van der Waals surface area contributed by atoms with Crippen molar-refractivity contribution in [3.63, 3.8) is 0 Å². The summed E-state index contributed by atoms with van der Waals surface area (Å²) in [7, 11) is -2.84. The maximum Gasteiger partial charge on any atom is 0.303 e. The second-order valence-electron chi connectivity index (χ2n) is 19.6. The molecular weight excluding hydrogens is 935 g/mol. The third-order valence-electron chi connectivity index (χ3n) is 13.6. The Labute approximate surface area is 413 Å². The predicted molar refractivity (Wildman–Crippen MR) is 257 cm³/mol. The number of hydrogen-bond donors (Lipinski definition) is 1. The molecule has 3 amide bonds. The first-order valence-corrected chi connectivity index (χ1v) is 26.6. The van der Waals surface area contributed by atoms with Gasteiger partial charge in [0.15, 0.2) is 33.3 Å². The van der Waals surface area contributed by atoms with Gasteiger partial charge in [-0.2, -0.15) is 0 Å². The van der Waals surface area contributed by atoms with Crippen LogP contribution in [0.1, 0.15) is 78.3 Å². The number of fused-ring (bicyclic) bond motifs is 2. The number of carbonyl (C=O) groups is 4. The summed E-state index contributed by atoms with van der Waals surface area (Å²) in [6.07, 6.45) is -10.0. The van der Waals surface area contributed by atoms with E-state index in [0.29, 0.717) is 6.42 Å². The van der Waals surface area contributed by atoms with E-state index in [1.54, 1.807) is 36.4 Å². The molecule has 3 fully saturated rings. The van der Waals surface area contributed by atoms with E-state index in [2.05, 4.69) is 39.2 Å². The Morgan fingerprint density at radius 1 is 0.803 bits per heavy atom. The highest BCUT2D eigenvalue weighted by Gasteiger charge is 2.61. The molecule has 378 valence electrons. The summed E-state index contributed by atoms with van der Waals surface area (Å²) >= 11 is 0. The monoisotopic (exact) mass is 995 g/mol. The van der Waals surface area contributed by atoms with Crippen molar-refractivity contribution in [2.75, 3.05) is 19.8 Å².